The van der Waals surface area contributed by atoms with Gasteiger partial charge >= 0.3 is 0 Å². The first-order chi connectivity index (χ1) is 11.9. The van der Waals surface area contributed by atoms with E-state index < -0.39 is 36.8 Å². The van der Waals surface area contributed by atoms with E-state index in [1.807, 2.05) is 13.8 Å². The van der Waals surface area contributed by atoms with Crippen molar-refractivity contribution in [3.8, 4) is 0 Å². The third kappa shape index (κ3) is 6.11. The Labute approximate surface area is 148 Å². The van der Waals surface area contributed by atoms with Gasteiger partial charge in [-0.15, -0.1) is 0 Å². The second-order valence-electron chi connectivity index (χ2n) is 6.83. The van der Waals surface area contributed by atoms with Gasteiger partial charge in [0.05, 0.1) is 44.2 Å². The zero-order chi connectivity index (χ0) is 18.4. The van der Waals surface area contributed by atoms with Gasteiger partial charge in [0.2, 0.25) is 0 Å². The number of hydrogen-bond acceptors (Lipinski definition) is 8. The molecule has 25 heavy (non-hydrogen) atoms. The molecular formula is C17H32O8. The lowest BCUT2D eigenvalue weighted by atomic mass is 10.0. The molecule has 0 bridgehead atoms. The van der Waals surface area contributed by atoms with Gasteiger partial charge < -0.3 is 39.4 Å². The Kier molecular flexibility index (Phi) is 8.50. The van der Waals surface area contributed by atoms with Crippen molar-refractivity contribution in [3.05, 3.63) is 0 Å². The average molecular weight is 364 g/mol. The summed E-state index contributed by atoms with van der Waals surface area (Å²) in [7, 11) is 0. The maximum atomic E-state index is 10.1. The number of hydrogen-bond donors (Lipinski definition) is 4. The lowest BCUT2D eigenvalue weighted by Crippen LogP contribution is -2.52. The van der Waals surface area contributed by atoms with Crippen LogP contribution in [0.2, 0.25) is 0 Å². The molecule has 7 atom stereocenters. The van der Waals surface area contributed by atoms with Gasteiger partial charge in [-0.25, -0.2) is 0 Å². The fourth-order valence-electron chi connectivity index (χ4n) is 3.09. The Morgan fingerprint density at radius 2 is 1.68 bits per heavy atom. The fourth-order valence-corrected chi connectivity index (χ4v) is 3.09. The van der Waals surface area contributed by atoms with Gasteiger partial charge in [0.15, 0.2) is 6.29 Å². The van der Waals surface area contributed by atoms with Gasteiger partial charge in [-0.1, -0.05) is 13.8 Å². The molecule has 2 fully saturated rings. The summed E-state index contributed by atoms with van der Waals surface area (Å²) in [6.07, 6.45) is -3.08. The summed E-state index contributed by atoms with van der Waals surface area (Å²) < 4.78 is 22.5. The molecular weight excluding hydrogens is 332 g/mol. The average Bonchev–Trinajstić information content (AvgIpc) is 2.60. The first kappa shape index (κ1) is 21.0. The molecule has 0 aromatic heterocycles. The van der Waals surface area contributed by atoms with Crippen LogP contribution in [0, 0.1) is 0 Å². The predicted molar refractivity (Wildman–Crippen MR) is 87.9 cm³/mol. The third-order valence-electron chi connectivity index (χ3n) is 4.86. The van der Waals surface area contributed by atoms with Crippen LogP contribution in [0.25, 0.3) is 0 Å². The van der Waals surface area contributed by atoms with Crippen molar-refractivity contribution in [3.63, 3.8) is 0 Å². The number of aliphatic hydroxyl groups excluding tert-OH is 4. The summed E-state index contributed by atoms with van der Waals surface area (Å²) >= 11 is 0. The fraction of sp³-hybridized carbons (Fsp3) is 1.00. The molecule has 0 aromatic carbocycles. The Bertz CT molecular complexity index is 378. The number of aliphatic hydroxyl groups is 4. The van der Waals surface area contributed by atoms with Gasteiger partial charge in [-0.05, 0) is 12.8 Å². The maximum Gasteiger partial charge on any atom is 0.160 e. The Morgan fingerprint density at radius 3 is 2.32 bits per heavy atom. The Morgan fingerprint density at radius 1 is 0.960 bits per heavy atom. The highest BCUT2D eigenvalue weighted by molar-refractivity contribution is 4.84. The molecule has 0 saturated carbocycles. The summed E-state index contributed by atoms with van der Waals surface area (Å²) in [5.41, 5.74) is 0. The van der Waals surface area contributed by atoms with Gasteiger partial charge in [0.25, 0.3) is 0 Å². The molecule has 0 unspecified atom stereocenters. The van der Waals surface area contributed by atoms with Gasteiger partial charge in [0.1, 0.15) is 18.3 Å². The second-order valence-corrected chi connectivity index (χ2v) is 6.83. The summed E-state index contributed by atoms with van der Waals surface area (Å²) in [6, 6.07) is 0. The van der Waals surface area contributed by atoms with Crippen LogP contribution in [0.1, 0.15) is 39.5 Å². The van der Waals surface area contributed by atoms with E-state index in [4.69, 9.17) is 18.9 Å². The van der Waals surface area contributed by atoms with Crippen LogP contribution in [0.15, 0.2) is 0 Å². The zero-order valence-corrected chi connectivity index (χ0v) is 15.0. The smallest absolute Gasteiger partial charge is 0.160 e. The normalized spacial score (nSPS) is 39.7. The molecule has 0 aliphatic carbocycles. The summed E-state index contributed by atoms with van der Waals surface area (Å²) in [6.45, 7) is 4.49. The van der Waals surface area contributed by atoms with E-state index in [2.05, 4.69) is 0 Å². The highest BCUT2D eigenvalue weighted by Crippen LogP contribution is 2.24. The molecule has 2 aliphatic heterocycles. The first-order valence-electron chi connectivity index (χ1n) is 9.17. The van der Waals surface area contributed by atoms with E-state index in [9.17, 15) is 20.4 Å². The van der Waals surface area contributed by atoms with Crippen LogP contribution in [0.5, 0.6) is 0 Å². The van der Waals surface area contributed by atoms with Crippen LogP contribution in [0.4, 0.5) is 0 Å². The Hall–Kier alpha value is -0.320. The van der Waals surface area contributed by atoms with Crippen molar-refractivity contribution in [2.45, 2.75) is 88.5 Å². The van der Waals surface area contributed by atoms with Crippen molar-refractivity contribution in [1.82, 2.24) is 0 Å². The quantitative estimate of drug-likeness (QED) is 0.458. The summed E-state index contributed by atoms with van der Waals surface area (Å²) in [5.74, 6) is 0. The van der Waals surface area contributed by atoms with E-state index in [1.165, 1.54) is 0 Å². The molecule has 0 aromatic rings. The highest BCUT2D eigenvalue weighted by atomic mass is 16.7. The Balaban J connectivity index is 1.79. The van der Waals surface area contributed by atoms with Gasteiger partial charge in [-0.3, -0.25) is 0 Å². The lowest BCUT2D eigenvalue weighted by molar-refractivity contribution is -0.270. The van der Waals surface area contributed by atoms with Crippen molar-refractivity contribution in [2.75, 3.05) is 19.8 Å². The lowest BCUT2D eigenvalue weighted by Gasteiger charge is -2.38. The minimum absolute atomic E-state index is 0.0634. The van der Waals surface area contributed by atoms with E-state index in [0.717, 1.165) is 12.8 Å². The largest absolute Gasteiger partial charge is 0.390 e. The number of ether oxygens (including phenoxy) is 4. The molecule has 4 N–H and O–H groups in total. The molecule has 2 saturated heterocycles. The molecule has 0 radical (unpaired) electrons. The molecule has 0 amide bonds. The molecule has 8 nitrogen and oxygen atoms in total. The van der Waals surface area contributed by atoms with Gasteiger partial charge in [-0.2, -0.15) is 0 Å². The zero-order valence-electron chi connectivity index (χ0n) is 15.0. The highest BCUT2D eigenvalue weighted by Gasteiger charge is 2.38. The molecule has 2 rings (SSSR count). The SMILES string of the molecule is CCC(CC)OC[C@H]1O[C@H](OC[C@@H]2C[C@H](O)[C@@H](O)CO2)C[C@@H](O)[C@@H]1O. The van der Waals surface area contributed by atoms with Gasteiger partial charge in [0, 0.05) is 12.8 Å². The minimum atomic E-state index is -1.02. The summed E-state index contributed by atoms with van der Waals surface area (Å²) in [4.78, 5) is 0. The molecule has 2 aliphatic rings. The van der Waals surface area contributed by atoms with Crippen LogP contribution >= 0.6 is 0 Å². The minimum Gasteiger partial charge on any atom is -0.390 e. The molecule has 0 spiro atoms. The van der Waals surface area contributed by atoms with Crippen LogP contribution in [-0.4, -0.2) is 89.3 Å². The van der Waals surface area contributed by atoms with Crippen LogP contribution in [0.3, 0.4) is 0 Å². The topological polar surface area (TPSA) is 118 Å². The molecule has 148 valence electrons. The molecule has 8 heteroatoms. The maximum absolute atomic E-state index is 10.1. The standard InChI is InChI=1S/C17H32O8/c1-3-10(4-2)23-9-15-17(21)13(19)6-16(25-15)24-7-11-5-12(18)14(20)8-22-11/h10-21H,3-9H2,1-2H3/t11-,12-,13+,14-,15+,16-,17-/m0/s1. The van der Waals surface area contributed by atoms with Crippen LogP contribution < -0.4 is 0 Å². The van der Waals surface area contributed by atoms with Crippen molar-refractivity contribution < 1.29 is 39.4 Å². The third-order valence-corrected chi connectivity index (χ3v) is 4.86. The predicted octanol–water partition coefficient (Wildman–Crippen LogP) is -0.444. The monoisotopic (exact) mass is 364 g/mol. The second kappa shape index (κ2) is 10.1. The first-order valence-corrected chi connectivity index (χ1v) is 9.17. The van der Waals surface area contributed by atoms with E-state index in [1.54, 1.807) is 0 Å². The summed E-state index contributed by atoms with van der Waals surface area (Å²) in [5, 5.41) is 39.2. The van der Waals surface area contributed by atoms with E-state index in [0.29, 0.717) is 0 Å². The van der Waals surface area contributed by atoms with Crippen molar-refractivity contribution >= 4 is 0 Å². The van der Waals surface area contributed by atoms with Crippen molar-refractivity contribution in [2.24, 2.45) is 0 Å². The molecule has 2 heterocycles. The van der Waals surface area contributed by atoms with E-state index in [-0.39, 0.29) is 44.9 Å². The van der Waals surface area contributed by atoms with Crippen LogP contribution in [-0.2, 0) is 18.9 Å². The number of rotatable bonds is 8. The van der Waals surface area contributed by atoms with E-state index >= 15 is 0 Å². The van der Waals surface area contributed by atoms with Crippen molar-refractivity contribution in [1.29, 1.82) is 0 Å².